The lowest BCUT2D eigenvalue weighted by Gasteiger charge is -2.22. The zero-order chi connectivity index (χ0) is 26.7. The van der Waals surface area contributed by atoms with Crippen molar-refractivity contribution in [2.24, 2.45) is 0 Å². The molecule has 0 atom stereocenters. The van der Waals surface area contributed by atoms with Crippen LogP contribution in [-0.2, 0) is 5.41 Å². The molecule has 0 N–H and O–H groups in total. The van der Waals surface area contributed by atoms with Crippen molar-refractivity contribution in [2.45, 2.75) is 60.8 Å². The maximum absolute atomic E-state index is 2.45. The predicted octanol–water partition coefficient (Wildman–Crippen LogP) is 11.7. The summed E-state index contributed by atoms with van der Waals surface area (Å²) >= 11 is 0. The Bertz CT molecular complexity index is 1700. The summed E-state index contributed by atoms with van der Waals surface area (Å²) in [6.45, 7) is 16.7. The van der Waals surface area contributed by atoms with Gasteiger partial charge in [-0.2, -0.15) is 0 Å². The molecule has 1 aliphatic carbocycles. The highest BCUT2D eigenvalue weighted by molar-refractivity contribution is 6.13. The summed E-state index contributed by atoms with van der Waals surface area (Å²) in [6, 6.07) is 36.2. The summed E-state index contributed by atoms with van der Waals surface area (Å²) in [4.78, 5) is 0. The molecule has 0 saturated heterocycles. The molecule has 1 aliphatic rings. The van der Waals surface area contributed by atoms with Crippen LogP contribution in [0.15, 0.2) is 97.1 Å². The summed E-state index contributed by atoms with van der Waals surface area (Å²) in [5, 5.41) is 10.6. The number of rotatable bonds is 0. The van der Waals surface area contributed by atoms with Gasteiger partial charge in [0.15, 0.2) is 0 Å². The third-order valence-electron chi connectivity index (χ3n) is 7.39. The van der Waals surface area contributed by atoms with Crippen LogP contribution in [0.3, 0.4) is 0 Å². The third kappa shape index (κ3) is 4.19. The fraction of sp³-hybridized carbons (Fsp3) is 0.243. The lowest BCUT2D eigenvalue weighted by molar-refractivity contribution is 0.661. The van der Waals surface area contributed by atoms with Crippen molar-refractivity contribution in [1.82, 2.24) is 0 Å². The zero-order valence-corrected chi connectivity index (χ0v) is 23.7. The zero-order valence-electron chi connectivity index (χ0n) is 23.7. The van der Waals surface area contributed by atoms with Crippen LogP contribution in [0.5, 0.6) is 0 Å². The van der Waals surface area contributed by atoms with Gasteiger partial charge in [-0.1, -0.05) is 128 Å². The van der Waals surface area contributed by atoms with Gasteiger partial charge in [-0.25, -0.2) is 0 Å². The molecule has 0 amide bonds. The van der Waals surface area contributed by atoms with E-state index in [9.17, 15) is 0 Å². The van der Waals surface area contributed by atoms with Gasteiger partial charge in [-0.15, -0.1) is 0 Å². The second-order valence-electron chi connectivity index (χ2n) is 9.44. The van der Waals surface area contributed by atoms with Gasteiger partial charge in [-0.05, 0) is 89.6 Å². The van der Waals surface area contributed by atoms with Crippen molar-refractivity contribution in [3.63, 3.8) is 0 Å². The standard InChI is InChI=1S/C31H22.3C2H6/c1-31(2)28-14-13-22-15-20-8-3-4-9-21(20)16-26(22)30(28)27-18-25-23(17-29(27)31)12-11-19-7-5-6-10-24(19)25;3*1-2/h3-18H,1-2H3;3*1-2H3. The molecule has 0 aliphatic heterocycles. The first-order chi connectivity index (χ1) is 18.1. The fourth-order valence-corrected chi connectivity index (χ4v) is 5.75. The predicted molar refractivity (Wildman–Crippen MR) is 168 cm³/mol. The van der Waals surface area contributed by atoms with E-state index in [4.69, 9.17) is 0 Å². The highest BCUT2D eigenvalue weighted by Crippen LogP contribution is 2.53. The molecular weight excluding hydrogens is 444 g/mol. The van der Waals surface area contributed by atoms with Gasteiger partial charge in [0.05, 0.1) is 0 Å². The smallest absolute Gasteiger partial charge is 0.0159 e. The second-order valence-corrected chi connectivity index (χ2v) is 9.44. The van der Waals surface area contributed by atoms with Crippen molar-refractivity contribution >= 4 is 43.1 Å². The molecule has 0 unspecified atom stereocenters. The number of benzene rings is 6. The lowest BCUT2D eigenvalue weighted by Crippen LogP contribution is -2.14. The maximum Gasteiger partial charge on any atom is 0.0159 e. The molecule has 188 valence electrons. The maximum atomic E-state index is 2.45. The number of hydrogen-bond acceptors (Lipinski definition) is 0. The first-order valence-electron chi connectivity index (χ1n) is 14.0. The highest BCUT2D eigenvalue weighted by Gasteiger charge is 2.36. The van der Waals surface area contributed by atoms with E-state index in [1.807, 2.05) is 41.5 Å². The molecule has 0 heteroatoms. The quantitative estimate of drug-likeness (QED) is 0.148. The van der Waals surface area contributed by atoms with Crippen LogP contribution < -0.4 is 0 Å². The van der Waals surface area contributed by atoms with Crippen LogP contribution in [0.4, 0.5) is 0 Å². The molecule has 0 saturated carbocycles. The van der Waals surface area contributed by atoms with E-state index in [-0.39, 0.29) is 5.41 Å². The van der Waals surface area contributed by atoms with Crippen molar-refractivity contribution in [1.29, 1.82) is 0 Å². The monoisotopic (exact) mass is 484 g/mol. The minimum atomic E-state index is -0.00959. The van der Waals surface area contributed by atoms with Crippen LogP contribution in [-0.4, -0.2) is 0 Å². The van der Waals surface area contributed by atoms with E-state index in [1.165, 1.54) is 65.3 Å². The largest absolute Gasteiger partial charge is 0.0683 e. The van der Waals surface area contributed by atoms with Crippen LogP contribution in [0.2, 0.25) is 0 Å². The normalized spacial score (nSPS) is 12.5. The van der Waals surface area contributed by atoms with Crippen LogP contribution >= 0.6 is 0 Å². The average Bonchev–Trinajstić information content (AvgIpc) is 3.20. The first kappa shape index (κ1) is 26.4. The highest BCUT2D eigenvalue weighted by atomic mass is 14.4. The van der Waals surface area contributed by atoms with Crippen molar-refractivity contribution < 1.29 is 0 Å². The molecule has 6 aromatic carbocycles. The molecule has 0 nitrogen and oxygen atoms in total. The van der Waals surface area contributed by atoms with Gasteiger partial charge in [-0.3, -0.25) is 0 Å². The fourth-order valence-electron chi connectivity index (χ4n) is 5.75. The van der Waals surface area contributed by atoms with Gasteiger partial charge in [0.1, 0.15) is 0 Å². The Kier molecular flexibility index (Phi) is 7.69. The summed E-state index contributed by atoms with van der Waals surface area (Å²) in [5.41, 5.74) is 5.67. The topological polar surface area (TPSA) is 0 Å². The van der Waals surface area contributed by atoms with Crippen molar-refractivity contribution in [3.05, 3.63) is 108 Å². The van der Waals surface area contributed by atoms with Gasteiger partial charge in [0.25, 0.3) is 0 Å². The molecule has 0 spiro atoms. The van der Waals surface area contributed by atoms with E-state index in [2.05, 4.69) is 111 Å². The first-order valence-corrected chi connectivity index (χ1v) is 14.0. The van der Waals surface area contributed by atoms with Crippen molar-refractivity contribution in [2.75, 3.05) is 0 Å². The summed E-state index contributed by atoms with van der Waals surface area (Å²) in [7, 11) is 0. The van der Waals surface area contributed by atoms with E-state index in [0.29, 0.717) is 0 Å². The summed E-state index contributed by atoms with van der Waals surface area (Å²) < 4.78 is 0. The Labute approximate surface area is 223 Å². The number of fused-ring (bicyclic) bond motifs is 9. The number of hydrogen-bond donors (Lipinski definition) is 0. The Balaban J connectivity index is 0.000000500. The second kappa shape index (κ2) is 10.8. The minimum absolute atomic E-state index is 0.00959. The Morgan fingerprint density at radius 3 is 1.65 bits per heavy atom. The van der Waals surface area contributed by atoms with Crippen LogP contribution in [0.25, 0.3) is 54.2 Å². The Morgan fingerprint density at radius 1 is 0.405 bits per heavy atom. The summed E-state index contributed by atoms with van der Waals surface area (Å²) in [5.74, 6) is 0. The Morgan fingerprint density at radius 2 is 0.946 bits per heavy atom. The SMILES string of the molecule is CC.CC.CC.CC1(C)c2cc3ccc4ccccc4c3cc2-c2c1ccc1cc3ccccc3cc21. The lowest BCUT2D eigenvalue weighted by atomic mass is 9.81. The third-order valence-corrected chi connectivity index (χ3v) is 7.39. The molecule has 0 fully saturated rings. The molecule has 7 rings (SSSR count). The average molecular weight is 485 g/mol. The van der Waals surface area contributed by atoms with Crippen molar-refractivity contribution in [3.8, 4) is 11.1 Å². The van der Waals surface area contributed by atoms with Gasteiger partial charge in [0, 0.05) is 5.41 Å². The van der Waals surface area contributed by atoms with E-state index in [1.54, 1.807) is 0 Å². The Hall–Kier alpha value is -3.64. The minimum Gasteiger partial charge on any atom is -0.0683 e. The summed E-state index contributed by atoms with van der Waals surface area (Å²) in [6.07, 6.45) is 0. The molecule has 0 radical (unpaired) electrons. The van der Waals surface area contributed by atoms with Gasteiger partial charge in [0.2, 0.25) is 0 Å². The van der Waals surface area contributed by atoms with Crippen LogP contribution in [0, 0.1) is 0 Å². The van der Waals surface area contributed by atoms with E-state index >= 15 is 0 Å². The molecule has 37 heavy (non-hydrogen) atoms. The molecule has 0 heterocycles. The van der Waals surface area contributed by atoms with E-state index in [0.717, 1.165) is 0 Å². The molecule has 0 aromatic heterocycles. The molecule has 6 aromatic rings. The van der Waals surface area contributed by atoms with Crippen LogP contribution in [0.1, 0.15) is 66.5 Å². The van der Waals surface area contributed by atoms with Gasteiger partial charge >= 0.3 is 0 Å². The van der Waals surface area contributed by atoms with Gasteiger partial charge < -0.3 is 0 Å². The molecule has 0 bridgehead atoms. The van der Waals surface area contributed by atoms with E-state index < -0.39 is 0 Å². The molecular formula is C37H40.